The highest BCUT2D eigenvalue weighted by molar-refractivity contribution is 5.79. The minimum absolute atomic E-state index is 0.0511. The van der Waals surface area contributed by atoms with Gasteiger partial charge in [0.15, 0.2) is 0 Å². The molecule has 0 bridgehead atoms. The highest BCUT2D eigenvalue weighted by atomic mass is 16.5. The van der Waals surface area contributed by atoms with E-state index in [9.17, 15) is 4.79 Å². The molecule has 4 rings (SSSR count). The van der Waals surface area contributed by atoms with Crippen molar-refractivity contribution in [3.05, 3.63) is 59.5 Å². The fourth-order valence-corrected chi connectivity index (χ4v) is 3.60. The van der Waals surface area contributed by atoms with E-state index in [1.165, 1.54) is 0 Å². The number of benzene rings is 2. The molecular formula is C22H23N3O4. The van der Waals surface area contributed by atoms with Gasteiger partial charge in [-0.25, -0.2) is 0 Å². The molecule has 1 amide bonds. The number of hydrogen-bond donors (Lipinski definition) is 0. The van der Waals surface area contributed by atoms with Crippen LogP contribution in [0.4, 0.5) is 0 Å². The Morgan fingerprint density at radius 1 is 1.17 bits per heavy atom. The summed E-state index contributed by atoms with van der Waals surface area (Å²) in [5.41, 5.74) is 2.93. The van der Waals surface area contributed by atoms with Crippen LogP contribution in [-0.2, 0) is 11.3 Å². The number of aromatic nitrogens is 2. The van der Waals surface area contributed by atoms with Gasteiger partial charge in [-0.3, -0.25) is 4.79 Å². The summed E-state index contributed by atoms with van der Waals surface area (Å²) in [6.07, 6.45) is 0.349. The number of rotatable bonds is 6. The molecule has 1 unspecified atom stereocenters. The number of likely N-dealkylation sites (tertiary alicyclic amines) is 1. The number of amides is 1. The first-order valence-electron chi connectivity index (χ1n) is 9.46. The SMILES string of the molecule is COc1ccc(OC)c(CN2CC(c3nc(-c4cccc(C)c4)no3)CC2=O)c1. The Balaban J connectivity index is 1.50. The number of carbonyl (C=O) groups is 1. The van der Waals surface area contributed by atoms with Crippen molar-refractivity contribution in [1.82, 2.24) is 15.0 Å². The third kappa shape index (κ3) is 3.94. The molecule has 0 spiro atoms. The molecule has 7 nitrogen and oxygen atoms in total. The average molecular weight is 393 g/mol. The van der Waals surface area contributed by atoms with Crippen LogP contribution >= 0.6 is 0 Å². The fourth-order valence-electron chi connectivity index (χ4n) is 3.60. The molecule has 1 saturated heterocycles. The van der Waals surface area contributed by atoms with Crippen LogP contribution in [0.5, 0.6) is 11.5 Å². The molecular weight excluding hydrogens is 370 g/mol. The highest BCUT2D eigenvalue weighted by Gasteiger charge is 2.34. The lowest BCUT2D eigenvalue weighted by Crippen LogP contribution is -2.24. The maximum atomic E-state index is 12.6. The second-order valence-electron chi connectivity index (χ2n) is 7.18. The van der Waals surface area contributed by atoms with Crippen LogP contribution in [0.3, 0.4) is 0 Å². The summed E-state index contributed by atoms with van der Waals surface area (Å²) in [5.74, 6) is 2.42. The van der Waals surface area contributed by atoms with Crippen LogP contribution in [0.2, 0.25) is 0 Å². The zero-order valence-electron chi connectivity index (χ0n) is 16.7. The van der Waals surface area contributed by atoms with Gasteiger partial charge in [0.05, 0.1) is 20.1 Å². The molecule has 1 aliphatic rings. The first kappa shape index (κ1) is 19.0. The van der Waals surface area contributed by atoms with Crippen molar-refractivity contribution in [2.75, 3.05) is 20.8 Å². The molecule has 7 heteroatoms. The van der Waals surface area contributed by atoms with Crippen LogP contribution < -0.4 is 9.47 Å². The number of aryl methyl sites for hydroxylation is 1. The molecule has 1 fully saturated rings. The van der Waals surface area contributed by atoms with Crippen LogP contribution in [0.25, 0.3) is 11.4 Å². The zero-order valence-corrected chi connectivity index (χ0v) is 16.7. The summed E-state index contributed by atoms with van der Waals surface area (Å²) < 4.78 is 16.2. The Morgan fingerprint density at radius 3 is 2.79 bits per heavy atom. The van der Waals surface area contributed by atoms with E-state index < -0.39 is 0 Å². The Hall–Kier alpha value is -3.35. The summed E-state index contributed by atoms with van der Waals surface area (Å²) in [6, 6.07) is 13.5. The lowest BCUT2D eigenvalue weighted by Gasteiger charge is -2.18. The summed E-state index contributed by atoms with van der Waals surface area (Å²) in [6.45, 7) is 2.98. The lowest BCUT2D eigenvalue weighted by atomic mass is 10.1. The first-order valence-corrected chi connectivity index (χ1v) is 9.46. The van der Waals surface area contributed by atoms with Gasteiger partial charge in [0.1, 0.15) is 11.5 Å². The average Bonchev–Trinajstić information content (AvgIpc) is 3.35. The van der Waals surface area contributed by atoms with Crippen molar-refractivity contribution in [3.63, 3.8) is 0 Å². The van der Waals surface area contributed by atoms with Crippen molar-refractivity contribution >= 4 is 5.91 Å². The van der Waals surface area contributed by atoms with E-state index in [-0.39, 0.29) is 11.8 Å². The van der Waals surface area contributed by atoms with Gasteiger partial charge in [0, 0.05) is 30.6 Å². The molecule has 29 heavy (non-hydrogen) atoms. The maximum Gasteiger partial charge on any atom is 0.232 e. The molecule has 1 aromatic heterocycles. The largest absolute Gasteiger partial charge is 0.497 e. The number of ether oxygens (including phenoxy) is 2. The molecule has 2 aromatic carbocycles. The van der Waals surface area contributed by atoms with Crippen molar-refractivity contribution in [2.45, 2.75) is 25.8 Å². The predicted molar refractivity (Wildman–Crippen MR) is 107 cm³/mol. The van der Waals surface area contributed by atoms with E-state index in [1.807, 2.05) is 49.4 Å². The van der Waals surface area contributed by atoms with Crippen molar-refractivity contribution in [2.24, 2.45) is 0 Å². The van der Waals surface area contributed by atoms with Gasteiger partial charge in [-0.2, -0.15) is 4.98 Å². The van der Waals surface area contributed by atoms with Gasteiger partial charge in [0.25, 0.3) is 0 Å². The third-order valence-electron chi connectivity index (χ3n) is 5.13. The zero-order chi connectivity index (χ0) is 20.4. The van der Waals surface area contributed by atoms with Crippen LogP contribution in [0.1, 0.15) is 29.4 Å². The van der Waals surface area contributed by atoms with Gasteiger partial charge in [-0.1, -0.05) is 28.9 Å². The van der Waals surface area contributed by atoms with Crippen molar-refractivity contribution in [1.29, 1.82) is 0 Å². The van der Waals surface area contributed by atoms with Crippen molar-refractivity contribution in [3.8, 4) is 22.9 Å². The molecule has 3 aromatic rings. The number of carbonyl (C=O) groups excluding carboxylic acids is 1. The lowest BCUT2D eigenvalue weighted by molar-refractivity contribution is -0.128. The molecule has 1 aliphatic heterocycles. The molecule has 1 atom stereocenters. The summed E-state index contributed by atoms with van der Waals surface area (Å²) in [7, 11) is 3.23. The third-order valence-corrected chi connectivity index (χ3v) is 5.13. The number of nitrogens with zero attached hydrogens (tertiary/aromatic N) is 3. The van der Waals surface area contributed by atoms with Gasteiger partial charge < -0.3 is 18.9 Å². The molecule has 150 valence electrons. The smallest absolute Gasteiger partial charge is 0.232 e. The normalized spacial score (nSPS) is 16.3. The van der Waals surface area contributed by atoms with Crippen LogP contribution in [0.15, 0.2) is 47.0 Å². The van der Waals surface area contributed by atoms with Gasteiger partial charge in [-0.05, 0) is 31.2 Å². The Labute approximate surface area is 169 Å². The molecule has 2 heterocycles. The highest BCUT2D eigenvalue weighted by Crippen LogP contribution is 2.32. The quantitative estimate of drug-likeness (QED) is 0.637. The molecule has 0 radical (unpaired) electrons. The first-order chi connectivity index (χ1) is 14.1. The van der Waals surface area contributed by atoms with E-state index in [1.54, 1.807) is 19.1 Å². The van der Waals surface area contributed by atoms with E-state index in [2.05, 4.69) is 10.1 Å². The fraction of sp³-hybridized carbons (Fsp3) is 0.318. The van der Waals surface area contributed by atoms with Crippen LogP contribution in [0, 0.1) is 6.92 Å². The monoisotopic (exact) mass is 393 g/mol. The molecule has 0 aliphatic carbocycles. The number of hydrogen-bond acceptors (Lipinski definition) is 6. The Bertz CT molecular complexity index is 1030. The predicted octanol–water partition coefficient (Wildman–Crippen LogP) is 3.58. The Morgan fingerprint density at radius 2 is 2.03 bits per heavy atom. The van der Waals surface area contributed by atoms with Gasteiger partial charge in [0.2, 0.25) is 17.6 Å². The van der Waals surface area contributed by atoms with E-state index >= 15 is 0 Å². The minimum atomic E-state index is -0.120. The van der Waals surface area contributed by atoms with Gasteiger partial charge >= 0.3 is 0 Å². The van der Waals surface area contributed by atoms with E-state index in [4.69, 9.17) is 14.0 Å². The van der Waals surface area contributed by atoms with Gasteiger partial charge in [-0.15, -0.1) is 0 Å². The summed E-state index contributed by atoms with van der Waals surface area (Å²) in [4.78, 5) is 18.9. The van der Waals surface area contributed by atoms with Crippen LogP contribution in [-0.4, -0.2) is 41.7 Å². The standard InChI is InChI=1S/C22H23N3O4/c1-14-5-4-6-15(9-14)21-23-22(29-24-21)17-11-20(26)25(13-17)12-16-10-18(27-2)7-8-19(16)28-3/h4-10,17H,11-13H2,1-3H3. The summed E-state index contributed by atoms with van der Waals surface area (Å²) in [5, 5.41) is 4.10. The topological polar surface area (TPSA) is 77.7 Å². The molecule has 0 N–H and O–H groups in total. The Kier molecular flexibility index (Phi) is 5.20. The van der Waals surface area contributed by atoms with E-state index in [0.717, 1.165) is 28.2 Å². The number of methoxy groups -OCH3 is 2. The second-order valence-corrected chi connectivity index (χ2v) is 7.18. The maximum absolute atomic E-state index is 12.6. The van der Waals surface area contributed by atoms with Crippen molar-refractivity contribution < 1.29 is 18.8 Å². The minimum Gasteiger partial charge on any atom is -0.497 e. The second kappa shape index (κ2) is 7.95. The molecule has 0 saturated carbocycles. The van der Waals surface area contributed by atoms with E-state index in [0.29, 0.717) is 31.2 Å². The summed E-state index contributed by atoms with van der Waals surface area (Å²) >= 11 is 0.